The number of hydrogen-bond donors (Lipinski definition) is 0. The number of thiazole rings is 1. The molecular weight excluding hydrogens is 238 g/mol. The second kappa shape index (κ2) is 4.54. The summed E-state index contributed by atoms with van der Waals surface area (Å²) >= 11 is 1.82. The zero-order chi connectivity index (χ0) is 12.5. The van der Waals surface area contributed by atoms with E-state index in [1.165, 1.54) is 26.4 Å². The standard InChI is InChI=1S/C16H15NS/c1-11-8-12(2)16-14(9-11)17-15(18-16)10-13-6-4-3-5-7-13/h3-9H,10H2,1-2H3. The van der Waals surface area contributed by atoms with E-state index < -0.39 is 0 Å². The largest absolute Gasteiger partial charge is 0.241 e. The highest BCUT2D eigenvalue weighted by Crippen LogP contribution is 2.28. The first-order chi connectivity index (χ1) is 8.72. The van der Waals surface area contributed by atoms with E-state index >= 15 is 0 Å². The molecule has 3 rings (SSSR count). The van der Waals surface area contributed by atoms with Gasteiger partial charge in [-0.25, -0.2) is 4.98 Å². The third-order valence-electron chi connectivity index (χ3n) is 3.06. The fourth-order valence-corrected chi connectivity index (χ4v) is 3.32. The molecule has 2 heteroatoms. The lowest BCUT2D eigenvalue weighted by Crippen LogP contribution is -1.85. The maximum absolute atomic E-state index is 4.75. The van der Waals surface area contributed by atoms with Gasteiger partial charge in [-0.05, 0) is 36.6 Å². The number of aryl methyl sites for hydroxylation is 2. The molecule has 0 aliphatic carbocycles. The number of fused-ring (bicyclic) bond motifs is 1. The Bertz CT molecular complexity index is 683. The van der Waals surface area contributed by atoms with Crippen LogP contribution >= 0.6 is 11.3 Å². The Morgan fingerprint density at radius 2 is 1.83 bits per heavy atom. The van der Waals surface area contributed by atoms with Crippen molar-refractivity contribution in [3.63, 3.8) is 0 Å². The Kier molecular flexibility index (Phi) is 2.88. The monoisotopic (exact) mass is 253 g/mol. The third kappa shape index (κ3) is 2.16. The maximum Gasteiger partial charge on any atom is 0.0982 e. The van der Waals surface area contributed by atoms with Crippen molar-refractivity contribution in [2.45, 2.75) is 20.3 Å². The van der Waals surface area contributed by atoms with E-state index in [1.54, 1.807) is 0 Å². The molecule has 0 N–H and O–H groups in total. The lowest BCUT2D eigenvalue weighted by atomic mass is 10.1. The van der Waals surface area contributed by atoms with Crippen molar-refractivity contribution in [2.75, 3.05) is 0 Å². The molecule has 0 radical (unpaired) electrons. The number of aromatic nitrogens is 1. The minimum atomic E-state index is 0.929. The van der Waals surface area contributed by atoms with E-state index in [9.17, 15) is 0 Å². The number of benzene rings is 2. The van der Waals surface area contributed by atoms with E-state index in [4.69, 9.17) is 4.98 Å². The van der Waals surface area contributed by atoms with Gasteiger partial charge in [-0.3, -0.25) is 0 Å². The number of hydrogen-bond acceptors (Lipinski definition) is 2. The van der Waals surface area contributed by atoms with Crippen molar-refractivity contribution < 1.29 is 0 Å². The van der Waals surface area contributed by atoms with Gasteiger partial charge in [-0.1, -0.05) is 36.4 Å². The Labute approximate surface area is 111 Å². The molecule has 0 saturated carbocycles. The van der Waals surface area contributed by atoms with Crippen LogP contribution in [-0.4, -0.2) is 4.98 Å². The first-order valence-electron chi connectivity index (χ1n) is 6.13. The van der Waals surface area contributed by atoms with Crippen LogP contribution in [0.2, 0.25) is 0 Å². The Morgan fingerprint density at radius 1 is 1.06 bits per heavy atom. The zero-order valence-corrected chi connectivity index (χ0v) is 11.4. The van der Waals surface area contributed by atoms with Crippen LogP contribution in [0.3, 0.4) is 0 Å². The fraction of sp³-hybridized carbons (Fsp3) is 0.188. The molecule has 0 atom stereocenters. The second-order valence-corrected chi connectivity index (χ2v) is 5.78. The van der Waals surface area contributed by atoms with Gasteiger partial charge in [0.1, 0.15) is 0 Å². The quantitative estimate of drug-likeness (QED) is 0.655. The van der Waals surface area contributed by atoms with Gasteiger partial charge in [0.15, 0.2) is 0 Å². The lowest BCUT2D eigenvalue weighted by molar-refractivity contribution is 1.15. The third-order valence-corrected chi connectivity index (χ3v) is 4.27. The van der Waals surface area contributed by atoms with Crippen molar-refractivity contribution in [2.24, 2.45) is 0 Å². The molecule has 0 amide bonds. The summed E-state index contributed by atoms with van der Waals surface area (Å²) in [5.41, 5.74) is 5.09. The van der Waals surface area contributed by atoms with E-state index in [-0.39, 0.29) is 0 Å². The molecule has 0 spiro atoms. The van der Waals surface area contributed by atoms with E-state index in [2.05, 4.69) is 56.3 Å². The predicted molar refractivity (Wildman–Crippen MR) is 78.3 cm³/mol. The summed E-state index contributed by atoms with van der Waals surface area (Å²) in [5, 5.41) is 1.20. The van der Waals surface area contributed by atoms with Gasteiger partial charge >= 0.3 is 0 Å². The molecule has 3 aromatic rings. The van der Waals surface area contributed by atoms with Crippen LogP contribution in [0.4, 0.5) is 0 Å². The van der Waals surface area contributed by atoms with Gasteiger partial charge in [-0.15, -0.1) is 11.3 Å². The summed E-state index contributed by atoms with van der Waals surface area (Å²) < 4.78 is 1.33. The average molecular weight is 253 g/mol. The summed E-state index contributed by atoms with van der Waals surface area (Å²) in [6.45, 7) is 4.29. The predicted octanol–water partition coefficient (Wildman–Crippen LogP) is 4.50. The summed E-state index contributed by atoms with van der Waals surface area (Å²) in [6.07, 6.45) is 0.929. The van der Waals surface area contributed by atoms with Crippen LogP contribution in [0.15, 0.2) is 42.5 Å². The molecule has 0 fully saturated rings. The summed E-state index contributed by atoms with van der Waals surface area (Å²) in [5.74, 6) is 0. The van der Waals surface area contributed by atoms with Crippen LogP contribution in [0.5, 0.6) is 0 Å². The highest BCUT2D eigenvalue weighted by atomic mass is 32.1. The summed E-state index contributed by atoms with van der Waals surface area (Å²) in [6, 6.07) is 14.9. The van der Waals surface area contributed by atoms with E-state index in [1.807, 2.05) is 11.3 Å². The highest BCUT2D eigenvalue weighted by molar-refractivity contribution is 7.18. The molecule has 1 heterocycles. The normalized spacial score (nSPS) is 11.0. The number of rotatable bonds is 2. The van der Waals surface area contributed by atoms with Crippen molar-refractivity contribution in [1.82, 2.24) is 4.98 Å². The summed E-state index contributed by atoms with van der Waals surface area (Å²) in [7, 11) is 0. The van der Waals surface area contributed by atoms with Crippen LogP contribution < -0.4 is 0 Å². The molecular formula is C16H15NS. The molecule has 1 aromatic heterocycles. The lowest BCUT2D eigenvalue weighted by Gasteiger charge is -1.95. The smallest absolute Gasteiger partial charge is 0.0982 e. The van der Waals surface area contributed by atoms with Gasteiger partial charge in [0.2, 0.25) is 0 Å². The molecule has 0 saturated heterocycles. The minimum absolute atomic E-state index is 0.929. The van der Waals surface area contributed by atoms with Crippen molar-refractivity contribution in [1.29, 1.82) is 0 Å². The van der Waals surface area contributed by atoms with Crippen LogP contribution in [0.1, 0.15) is 21.7 Å². The van der Waals surface area contributed by atoms with Gasteiger partial charge in [0.05, 0.1) is 15.2 Å². The second-order valence-electron chi connectivity index (χ2n) is 4.70. The Hall–Kier alpha value is -1.67. The first kappa shape index (κ1) is 11.4. The average Bonchev–Trinajstić information content (AvgIpc) is 2.73. The fourth-order valence-electron chi connectivity index (χ4n) is 2.27. The SMILES string of the molecule is Cc1cc(C)c2sc(Cc3ccccc3)nc2c1. The van der Waals surface area contributed by atoms with Gasteiger partial charge in [0, 0.05) is 6.42 Å². The number of nitrogens with zero attached hydrogens (tertiary/aromatic N) is 1. The van der Waals surface area contributed by atoms with E-state index in [0.29, 0.717) is 0 Å². The van der Waals surface area contributed by atoms with Crippen molar-refractivity contribution in [3.8, 4) is 0 Å². The van der Waals surface area contributed by atoms with Crippen LogP contribution in [0, 0.1) is 13.8 Å². The Balaban J connectivity index is 2.01. The van der Waals surface area contributed by atoms with E-state index in [0.717, 1.165) is 11.9 Å². The van der Waals surface area contributed by atoms with Crippen LogP contribution in [0.25, 0.3) is 10.2 Å². The van der Waals surface area contributed by atoms with Crippen molar-refractivity contribution >= 4 is 21.6 Å². The van der Waals surface area contributed by atoms with Crippen LogP contribution in [-0.2, 0) is 6.42 Å². The molecule has 0 aliphatic rings. The summed E-state index contributed by atoms with van der Waals surface area (Å²) in [4.78, 5) is 4.75. The molecule has 0 aliphatic heterocycles. The zero-order valence-electron chi connectivity index (χ0n) is 10.6. The maximum atomic E-state index is 4.75. The van der Waals surface area contributed by atoms with Gasteiger partial charge in [-0.2, -0.15) is 0 Å². The first-order valence-corrected chi connectivity index (χ1v) is 6.94. The molecule has 18 heavy (non-hydrogen) atoms. The molecule has 90 valence electrons. The molecule has 0 unspecified atom stereocenters. The van der Waals surface area contributed by atoms with Crippen molar-refractivity contribution in [3.05, 3.63) is 64.2 Å². The minimum Gasteiger partial charge on any atom is -0.241 e. The molecule has 0 bridgehead atoms. The Morgan fingerprint density at radius 3 is 2.61 bits per heavy atom. The highest BCUT2D eigenvalue weighted by Gasteiger charge is 2.07. The molecule has 2 aromatic carbocycles. The van der Waals surface area contributed by atoms with Gasteiger partial charge in [0.25, 0.3) is 0 Å². The molecule has 1 nitrogen and oxygen atoms in total. The topological polar surface area (TPSA) is 12.9 Å². The van der Waals surface area contributed by atoms with Gasteiger partial charge < -0.3 is 0 Å².